The molecule has 6 heteroatoms. The number of aromatic amines is 1. The first-order valence-electron chi connectivity index (χ1n) is 8.45. The van der Waals surface area contributed by atoms with Gasteiger partial charge in [-0.3, -0.25) is 9.59 Å². The lowest BCUT2D eigenvalue weighted by Gasteiger charge is -2.15. The Hall–Kier alpha value is -2.34. The second-order valence-electron chi connectivity index (χ2n) is 6.63. The van der Waals surface area contributed by atoms with Crippen LogP contribution in [-0.4, -0.2) is 36.1 Å². The maximum absolute atomic E-state index is 12.1. The Bertz CT molecular complexity index is 852. The molecule has 6 nitrogen and oxygen atoms in total. The van der Waals surface area contributed by atoms with Gasteiger partial charge in [0.2, 0.25) is 11.5 Å². The van der Waals surface area contributed by atoms with Crippen LogP contribution in [0.5, 0.6) is 5.75 Å². The van der Waals surface area contributed by atoms with Crippen molar-refractivity contribution >= 4 is 16.8 Å². The Labute approximate surface area is 139 Å². The van der Waals surface area contributed by atoms with E-state index >= 15 is 0 Å². The lowest BCUT2D eigenvalue weighted by atomic mass is 10.0. The van der Waals surface area contributed by atoms with Crippen LogP contribution >= 0.6 is 0 Å². The number of hydrogen-bond donors (Lipinski definition) is 3. The molecule has 0 bridgehead atoms. The molecule has 126 valence electrons. The predicted octanol–water partition coefficient (Wildman–Crippen LogP) is 1.01. The minimum absolute atomic E-state index is 0.0532. The number of carbonyl (C=O) groups excluding carboxylic acids is 1. The number of ether oxygens (including phenoxy) is 1. The van der Waals surface area contributed by atoms with E-state index in [0.29, 0.717) is 6.54 Å². The van der Waals surface area contributed by atoms with Gasteiger partial charge in [0.25, 0.3) is 0 Å². The number of pyridine rings is 1. The smallest absolute Gasteiger partial charge is 0.248 e. The van der Waals surface area contributed by atoms with Gasteiger partial charge in [-0.1, -0.05) is 6.07 Å². The highest BCUT2D eigenvalue weighted by Crippen LogP contribution is 2.36. The average molecular weight is 327 g/mol. The Morgan fingerprint density at radius 3 is 3.08 bits per heavy atom. The first-order chi connectivity index (χ1) is 11.6. The summed E-state index contributed by atoms with van der Waals surface area (Å²) >= 11 is 0. The molecule has 0 radical (unpaired) electrons. The third-order valence-corrected chi connectivity index (χ3v) is 4.85. The monoisotopic (exact) mass is 327 g/mol. The van der Waals surface area contributed by atoms with Crippen molar-refractivity contribution in [2.24, 2.45) is 0 Å². The Morgan fingerprint density at radius 2 is 2.29 bits per heavy atom. The molecule has 1 fully saturated rings. The van der Waals surface area contributed by atoms with Crippen LogP contribution in [0.4, 0.5) is 0 Å². The zero-order valence-electron chi connectivity index (χ0n) is 13.6. The summed E-state index contributed by atoms with van der Waals surface area (Å²) in [4.78, 5) is 26.5. The molecular weight excluding hydrogens is 306 g/mol. The van der Waals surface area contributed by atoms with E-state index in [4.69, 9.17) is 4.74 Å². The second-order valence-corrected chi connectivity index (χ2v) is 6.63. The van der Waals surface area contributed by atoms with Gasteiger partial charge in [0.1, 0.15) is 11.9 Å². The van der Waals surface area contributed by atoms with Crippen LogP contribution < -0.4 is 20.9 Å². The molecule has 1 aromatic heterocycles. The summed E-state index contributed by atoms with van der Waals surface area (Å²) in [6.07, 6.45) is 2.65. The van der Waals surface area contributed by atoms with E-state index in [1.54, 1.807) is 0 Å². The molecule has 2 aliphatic heterocycles. The molecule has 1 unspecified atom stereocenters. The summed E-state index contributed by atoms with van der Waals surface area (Å²) in [6.45, 7) is 3.39. The molecule has 4 rings (SSSR count). The number of carbonyl (C=O) groups is 1. The number of aromatic nitrogens is 1. The van der Waals surface area contributed by atoms with Crippen molar-refractivity contribution in [3.05, 3.63) is 39.7 Å². The third kappa shape index (κ3) is 2.67. The third-order valence-electron chi connectivity index (χ3n) is 4.85. The molecule has 1 aromatic carbocycles. The minimum Gasteiger partial charge on any atom is -0.487 e. The number of hydrogen-bond acceptors (Lipinski definition) is 4. The number of rotatable bonds is 3. The van der Waals surface area contributed by atoms with Crippen LogP contribution in [0, 0.1) is 6.92 Å². The highest BCUT2D eigenvalue weighted by Gasteiger charge is 2.28. The molecule has 2 aromatic rings. The summed E-state index contributed by atoms with van der Waals surface area (Å²) in [5.41, 5.74) is 2.87. The van der Waals surface area contributed by atoms with Gasteiger partial charge < -0.3 is 20.4 Å². The number of aryl methyl sites for hydroxylation is 1. The molecule has 0 saturated carbocycles. The predicted molar refractivity (Wildman–Crippen MR) is 91.5 cm³/mol. The summed E-state index contributed by atoms with van der Waals surface area (Å²) in [7, 11) is 0. The normalized spacial score (nSPS) is 22.4. The van der Waals surface area contributed by atoms with Crippen molar-refractivity contribution in [3.8, 4) is 5.75 Å². The summed E-state index contributed by atoms with van der Waals surface area (Å²) < 4.78 is 6.07. The Balaban J connectivity index is 1.50. The van der Waals surface area contributed by atoms with Crippen molar-refractivity contribution in [3.63, 3.8) is 0 Å². The van der Waals surface area contributed by atoms with E-state index in [2.05, 4.69) is 21.7 Å². The number of H-pyrrole nitrogens is 1. The molecule has 3 heterocycles. The van der Waals surface area contributed by atoms with Crippen LogP contribution in [-0.2, 0) is 11.2 Å². The van der Waals surface area contributed by atoms with Crippen molar-refractivity contribution in [2.45, 2.75) is 38.3 Å². The Morgan fingerprint density at radius 1 is 1.42 bits per heavy atom. The fraction of sp³-hybridized carbons (Fsp3) is 0.444. The van der Waals surface area contributed by atoms with Gasteiger partial charge in [0.05, 0.1) is 18.1 Å². The number of benzene rings is 1. The standard InChI is InChI=1S/C18H21N3O3/c1-10-7-11-8-12(9-20-18(23)14-3-2-6-19-14)24-17(11)13-4-5-15(22)21-16(10)13/h4-5,7,12,14,19H,2-3,6,8-9H2,1H3,(H,20,23)(H,21,22)/t12?,14-/m0/s1. The summed E-state index contributed by atoms with van der Waals surface area (Å²) in [6, 6.07) is 5.32. The van der Waals surface area contributed by atoms with Gasteiger partial charge in [-0.2, -0.15) is 0 Å². The molecule has 2 atom stereocenters. The maximum atomic E-state index is 12.1. The van der Waals surface area contributed by atoms with Gasteiger partial charge in [0, 0.05) is 17.9 Å². The average Bonchev–Trinajstić information content (AvgIpc) is 3.22. The van der Waals surface area contributed by atoms with Crippen LogP contribution in [0.15, 0.2) is 23.0 Å². The van der Waals surface area contributed by atoms with E-state index in [1.807, 2.05) is 13.0 Å². The second kappa shape index (κ2) is 5.94. The molecule has 1 amide bonds. The quantitative estimate of drug-likeness (QED) is 0.786. The summed E-state index contributed by atoms with van der Waals surface area (Å²) in [5, 5.41) is 7.11. The van der Waals surface area contributed by atoms with Crippen LogP contribution in [0.2, 0.25) is 0 Å². The largest absolute Gasteiger partial charge is 0.487 e. The van der Waals surface area contributed by atoms with E-state index in [1.165, 1.54) is 6.07 Å². The van der Waals surface area contributed by atoms with Crippen molar-refractivity contribution in [1.29, 1.82) is 0 Å². The number of fused-ring (bicyclic) bond motifs is 3. The lowest BCUT2D eigenvalue weighted by molar-refractivity contribution is -0.123. The van der Waals surface area contributed by atoms with Crippen LogP contribution in [0.3, 0.4) is 0 Å². The zero-order valence-corrected chi connectivity index (χ0v) is 13.6. The van der Waals surface area contributed by atoms with E-state index < -0.39 is 0 Å². The van der Waals surface area contributed by atoms with Crippen molar-refractivity contribution in [2.75, 3.05) is 13.1 Å². The first kappa shape index (κ1) is 15.2. The molecule has 0 spiro atoms. The molecular formula is C18H21N3O3. The van der Waals surface area contributed by atoms with Gasteiger partial charge in [-0.15, -0.1) is 0 Å². The molecule has 2 aliphatic rings. The van der Waals surface area contributed by atoms with Crippen molar-refractivity contribution < 1.29 is 9.53 Å². The number of amides is 1. The highest BCUT2D eigenvalue weighted by atomic mass is 16.5. The molecule has 24 heavy (non-hydrogen) atoms. The minimum atomic E-state index is -0.114. The lowest BCUT2D eigenvalue weighted by Crippen LogP contribution is -2.44. The molecule has 3 N–H and O–H groups in total. The van der Waals surface area contributed by atoms with Crippen LogP contribution in [0.25, 0.3) is 10.9 Å². The van der Waals surface area contributed by atoms with Gasteiger partial charge >= 0.3 is 0 Å². The van der Waals surface area contributed by atoms with E-state index in [9.17, 15) is 9.59 Å². The Kier molecular flexibility index (Phi) is 3.76. The van der Waals surface area contributed by atoms with E-state index in [0.717, 1.165) is 53.6 Å². The zero-order chi connectivity index (χ0) is 16.7. The van der Waals surface area contributed by atoms with Gasteiger partial charge in [0.15, 0.2) is 0 Å². The van der Waals surface area contributed by atoms with Gasteiger partial charge in [-0.25, -0.2) is 0 Å². The van der Waals surface area contributed by atoms with Crippen LogP contribution in [0.1, 0.15) is 24.0 Å². The maximum Gasteiger partial charge on any atom is 0.248 e. The fourth-order valence-electron chi connectivity index (χ4n) is 3.65. The molecule has 0 aliphatic carbocycles. The highest BCUT2D eigenvalue weighted by molar-refractivity contribution is 5.89. The van der Waals surface area contributed by atoms with E-state index in [-0.39, 0.29) is 23.6 Å². The molecule has 1 saturated heterocycles. The SMILES string of the molecule is Cc1cc2c(c3ccc(=O)[nH]c13)OC(CNC(=O)[C@@H]1CCCN1)C2. The topological polar surface area (TPSA) is 83.2 Å². The number of nitrogens with one attached hydrogen (secondary N) is 3. The van der Waals surface area contributed by atoms with Gasteiger partial charge in [-0.05, 0) is 43.5 Å². The van der Waals surface area contributed by atoms with Crippen molar-refractivity contribution in [1.82, 2.24) is 15.6 Å². The first-order valence-corrected chi connectivity index (χ1v) is 8.45. The fourth-order valence-corrected chi connectivity index (χ4v) is 3.65. The summed E-state index contributed by atoms with van der Waals surface area (Å²) in [5.74, 6) is 0.877.